The molecule has 0 fully saturated rings. The molecule has 0 aliphatic carbocycles. The minimum atomic E-state index is 0.432. The van der Waals surface area contributed by atoms with E-state index in [4.69, 9.17) is 5.73 Å². The first-order valence-electron chi connectivity index (χ1n) is 6.96. The van der Waals surface area contributed by atoms with Crippen LogP contribution in [0.1, 0.15) is 28.3 Å². The first-order chi connectivity index (χ1) is 9.88. The summed E-state index contributed by atoms with van der Waals surface area (Å²) >= 11 is 0. The minimum Gasteiger partial charge on any atom is -0.382 e. The SMILES string of the molecule is Cc1cc(C)c(-n2c(C)nc3c(N)nc(C)nc32)c(C)c1. The normalized spacial score (nSPS) is 11.3. The molecule has 21 heavy (non-hydrogen) atoms. The summed E-state index contributed by atoms with van der Waals surface area (Å²) in [5.74, 6) is 1.96. The van der Waals surface area contributed by atoms with Gasteiger partial charge in [-0.2, -0.15) is 0 Å². The highest BCUT2D eigenvalue weighted by molar-refractivity contribution is 5.84. The lowest BCUT2D eigenvalue weighted by Crippen LogP contribution is -2.05. The summed E-state index contributed by atoms with van der Waals surface area (Å²) in [5, 5.41) is 0. The lowest BCUT2D eigenvalue weighted by Gasteiger charge is -2.14. The van der Waals surface area contributed by atoms with Gasteiger partial charge in [0.05, 0.1) is 5.69 Å². The zero-order valence-electron chi connectivity index (χ0n) is 13.0. The highest BCUT2D eigenvalue weighted by atomic mass is 15.2. The van der Waals surface area contributed by atoms with E-state index in [1.165, 1.54) is 16.7 Å². The van der Waals surface area contributed by atoms with E-state index in [2.05, 4.69) is 52.4 Å². The molecule has 0 unspecified atom stereocenters. The molecule has 0 atom stereocenters. The van der Waals surface area contributed by atoms with Crippen molar-refractivity contribution in [2.75, 3.05) is 5.73 Å². The Bertz CT molecular complexity index is 838. The quantitative estimate of drug-likeness (QED) is 0.744. The number of imidazole rings is 1. The zero-order valence-corrected chi connectivity index (χ0v) is 13.0. The van der Waals surface area contributed by atoms with Gasteiger partial charge in [0.1, 0.15) is 11.6 Å². The Balaban J connectivity index is 2.44. The van der Waals surface area contributed by atoms with Crippen LogP contribution < -0.4 is 5.73 Å². The summed E-state index contributed by atoms with van der Waals surface area (Å²) in [6.07, 6.45) is 0. The number of nitrogens with two attached hydrogens (primary N) is 1. The monoisotopic (exact) mass is 281 g/mol. The van der Waals surface area contributed by atoms with Gasteiger partial charge in [-0.1, -0.05) is 17.7 Å². The second-order valence-electron chi connectivity index (χ2n) is 5.57. The predicted octanol–water partition coefficient (Wildman–Crippen LogP) is 2.94. The molecule has 2 aromatic heterocycles. The largest absolute Gasteiger partial charge is 0.382 e. The van der Waals surface area contributed by atoms with Crippen molar-refractivity contribution < 1.29 is 0 Å². The molecule has 3 aromatic rings. The average molecular weight is 281 g/mol. The molecular weight excluding hydrogens is 262 g/mol. The van der Waals surface area contributed by atoms with E-state index in [9.17, 15) is 0 Å². The summed E-state index contributed by atoms with van der Waals surface area (Å²) in [4.78, 5) is 13.3. The molecule has 0 aliphatic heterocycles. The van der Waals surface area contributed by atoms with Gasteiger partial charge in [-0.15, -0.1) is 0 Å². The molecule has 2 N–H and O–H groups in total. The molecule has 0 amide bonds. The standard InChI is InChI=1S/C16H19N5/c1-8-6-9(2)14(10(3)7-8)21-12(5)20-13-15(17)18-11(4)19-16(13)21/h6-7H,1-5H3,(H2,17,18,19). The first kappa shape index (κ1) is 13.5. The van der Waals surface area contributed by atoms with Crippen molar-refractivity contribution in [2.45, 2.75) is 34.6 Å². The molecule has 2 heterocycles. The third kappa shape index (κ3) is 2.05. The molecular formula is C16H19N5. The fraction of sp³-hybridized carbons (Fsp3) is 0.312. The molecule has 108 valence electrons. The van der Waals surface area contributed by atoms with Crippen molar-refractivity contribution >= 4 is 17.0 Å². The lowest BCUT2D eigenvalue weighted by atomic mass is 10.0. The van der Waals surface area contributed by atoms with Crippen molar-refractivity contribution in [3.63, 3.8) is 0 Å². The highest BCUT2D eigenvalue weighted by Crippen LogP contribution is 2.27. The third-order valence-electron chi connectivity index (χ3n) is 3.67. The molecule has 0 saturated heterocycles. The van der Waals surface area contributed by atoms with E-state index in [1.807, 2.05) is 13.8 Å². The molecule has 1 aromatic carbocycles. The topological polar surface area (TPSA) is 69.6 Å². The summed E-state index contributed by atoms with van der Waals surface area (Å²) in [6, 6.07) is 4.34. The van der Waals surface area contributed by atoms with Gasteiger partial charge >= 0.3 is 0 Å². The third-order valence-corrected chi connectivity index (χ3v) is 3.67. The molecule has 5 nitrogen and oxygen atoms in total. The summed E-state index contributed by atoms with van der Waals surface area (Å²) < 4.78 is 2.07. The number of anilines is 1. The van der Waals surface area contributed by atoms with Gasteiger partial charge < -0.3 is 5.73 Å². The highest BCUT2D eigenvalue weighted by Gasteiger charge is 2.17. The van der Waals surface area contributed by atoms with Gasteiger partial charge in [-0.05, 0) is 45.7 Å². The Morgan fingerprint density at radius 3 is 2.14 bits per heavy atom. The van der Waals surface area contributed by atoms with Crippen LogP contribution in [-0.4, -0.2) is 19.5 Å². The van der Waals surface area contributed by atoms with E-state index < -0.39 is 0 Å². The molecule has 0 saturated carbocycles. The number of nitrogens with zero attached hydrogens (tertiary/aromatic N) is 4. The van der Waals surface area contributed by atoms with E-state index in [0.29, 0.717) is 17.2 Å². The van der Waals surface area contributed by atoms with Crippen LogP contribution in [0.15, 0.2) is 12.1 Å². The van der Waals surface area contributed by atoms with E-state index in [1.54, 1.807) is 0 Å². The Kier molecular flexibility index (Phi) is 2.93. The summed E-state index contributed by atoms with van der Waals surface area (Å²) in [6.45, 7) is 10.1. The number of aromatic nitrogens is 4. The number of rotatable bonds is 1. The average Bonchev–Trinajstić information content (AvgIpc) is 2.66. The number of aryl methyl sites for hydroxylation is 5. The van der Waals surface area contributed by atoms with Gasteiger partial charge in [-0.25, -0.2) is 15.0 Å². The van der Waals surface area contributed by atoms with E-state index >= 15 is 0 Å². The first-order valence-corrected chi connectivity index (χ1v) is 6.96. The Morgan fingerprint density at radius 1 is 0.905 bits per heavy atom. The number of hydrogen-bond acceptors (Lipinski definition) is 4. The van der Waals surface area contributed by atoms with Crippen LogP contribution in [0.3, 0.4) is 0 Å². The Labute approximate surface area is 123 Å². The molecule has 0 radical (unpaired) electrons. The van der Waals surface area contributed by atoms with Crippen molar-refractivity contribution in [1.29, 1.82) is 0 Å². The van der Waals surface area contributed by atoms with Crippen molar-refractivity contribution in [2.24, 2.45) is 0 Å². The van der Waals surface area contributed by atoms with Crippen LogP contribution in [0.25, 0.3) is 16.9 Å². The second kappa shape index (κ2) is 4.55. The van der Waals surface area contributed by atoms with Gasteiger partial charge in [0, 0.05) is 0 Å². The number of nitrogen functional groups attached to an aromatic ring is 1. The van der Waals surface area contributed by atoms with Crippen molar-refractivity contribution in [1.82, 2.24) is 19.5 Å². The maximum atomic E-state index is 5.99. The van der Waals surface area contributed by atoms with Crippen molar-refractivity contribution in [3.05, 3.63) is 40.5 Å². The van der Waals surface area contributed by atoms with Crippen LogP contribution >= 0.6 is 0 Å². The summed E-state index contributed by atoms with van der Waals surface area (Å²) in [5.41, 5.74) is 12.2. The van der Waals surface area contributed by atoms with Gasteiger partial charge in [-0.3, -0.25) is 4.57 Å². The predicted molar refractivity (Wildman–Crippen MR) is 84.8 cm³/mol. The van der Waals surface area contributed by atoms with Gasteiger partial charge in [0.2, 0.25) is 0 Å². The van der Waals surface area contributed by atoms with Crippen LogP contribution in [0.2, 0.25) is 0 Å². The molecule has 0 spiro atoms. The fourth-order valence-corrected chi connectivity index (χ4v) is 2.99. The minimum absolute atomic E-state index is 0.432. The fourth-order valence-electron chi connectivity index (χ4n) is 2.99. The Morgan fingerprint density at radius 2 is 1.52 bits per heavy atom. The molecule has 0 bridgehead atoms. The maximum Gasteiger partial charge on any atom is 0.170 e. The number of hydrogen-bond donors (Lipinski definition) is 1. The van der Waals surface area contributed by atoms with Crippen molar-refractivity contribution in [3.8, 4) is 5.69 Å². The second-order valence-corrected chi connectivity index (χ2v) is 5.57. The summed E-state index contributed by atoms with van der Waals surface area (Å²) in [7, 11) is 0. The van der Waals surface area contributed by atoms with Crippen LogP contribution in [0, 0.1) is 34.6 Å². The van der Waals surface area contributed by atoms with Crippen LogP contribution in [0.5, 0.6) is 0 Å². The smallest absolute Gasteiger partial charge is 0.170 e. The lowest BCUT2D eigenvalue weighted by molar-refractivity contribution is 0.955. The molecule has 5 heteroatoms. The molecule has 0 aliphatic rings. The van der Waals surface area contributed by atoms with E-state index in [-0.39, 0.29) is 0 Å². The van der Waals surface area contributed by atoms with Gasteiger partial charge in [0.15, 0.2) is 17.0 Å². The molecule has 3 rings (SSSR count). The van der Waals surface area contributed by atoms with Crippen LogP contribution in [0.4, 0.5) is 5.82 Å². The zero-order chi connectivity index (χ0) is 15.3. The number of benzene rings is 1. The Hall–Kier alpha value is -2.43. The van der Waals surface area contributed by atoms with Gasteiger partial charge in [0.25, 0.3) is 0 Å². The van der Waals surface area contributed by atoms with Crippen LogP contribution in [-0.2, 0) is 0 Å². The number of fused-ring (bicyclic) bond motifs is 1. The maximum absolute atomic E-state index is 5.99. The van der Waals surface area contributed by atoms with E-state index in [0.717, 1.165) is 17.2 Å².